The maximum absolute atomic E-state index is 8.96. The van der Waals surface area contributed by atoms with Crippen molar-refractivity contribution in [2.45, 2.75) is 11.5 Å². The van der Waals surface area contributed by atoms with Gasteiger partial charge in [-0.1, -0.05) is 6.07 Å². The number of halogens is 1. The number of thiol groups is 1. The Bertz CT molecular complexity index is 450. The minimum atomic E-state index is 0.0800. The first-order valence-corrected chi connectivity index (χ1v) is 5.79. The minimum absolute atomic E-state index is 0.0800. The van der Waals surface area contributed by atoms with Gasteiger partial charge in [0, 0.05) is 15.0 Å². The van der Waals surface area contributed by atoms with E-state index in [0.29, 0.717) is 0 Å². The maximum Gasteiger partial charge on any atom is 0.0844 e. The van der Waals surface area contributed by atoms with Crippen molar-refractivity contribution in [1.82, 2.24) is 0 Å². The lowest BCUT2D eigenvalue weighted by molar-refractivity contribution is 0.282. The molecule has 1 aromatic heterocycles. The highest BCUT2D eigenvalue weighted by Gasteiger charge is 2.06. The fraction of sp³-hybridized carbons (Fsp3) is 0.111. The Morgan fingerprint density at radius 1 is 1.46 bits per heavy atom. The Morgan fingerprint density at radius 3 is 2.92 bits per heavy atom. The average molecular weight is 275 g/mol. The highest BCUT2D eigenvalue weighted by atomic mass is 79.9. The summed E-state index contributed by atoms with van der Waals surface area (Å²) in [6.45, 7) is 0.0800. The molecule has 0 bridgehead atoms. The second kappa shape index (κ2) is 3.61. The molecule has 1 nitrogen and oxygen atoms in total. The smallest absolute Gasteiger partial charge is 0.0844 e. The molecule has 0 aliphatic carbocycles. The molecule has 0 aliphatic rings. The molecule has 68 valence electrons. The molecule has 2 rings (SSSR count). The minimum Gasteiger partial charge on any atom is -0.392 e. The van der Waals surface area contributed by atoms with Crippen LogP contribution in [0.1, 0.15) is 5.56 Å². The normalized spacial score (nSPS) is 11.0. The fourth-order valence-corrected chi connectivity index (χ4v) is 3.14. The summed E-state index contributed by atoms with van der Waals surface area (Å²) < 4.78 is 2.23. The standard InChI is InChI=1S/C9H7BrOS2/c10-9-8(12)6-3-5(4-11)1-2-7(6)13-9/h1-3,11-12H,4H2. The summed E-state index contributed by atoms with van der Waals surface area (Å²) in [5, 5.41) is 10.1. The summed E-state index contributed by atoms with van der Waals surface area (Å²) >= 11 is 9.47. The van der Waals surface area contributed by atoms with E-state index in [9.17, 15) is 0 Å². The van der Waals surface area contributed by atoms with Crippen molar-refractivity contribution in [3.05, 3.63) is 27.5 Å². The van der Waals surface area contributed by atoms with Gasteiger partial charge in [-0.25, -0.2) is 0 Å². The number of hydrogen-bond donors (Lipinski definition) is 2. The van der Waals surface area contributed by atoms with E-state index >= 15 is 0 Å². The number of hydrogen-bond acceptors (Lipinski definition) is 3. The van der Waals surface area contributed by atoms with Crippen molar-refractivity contribution in [3.8, 4) is 0 Å². The zero-order valence-electron chi connectivity index (χ0n) is 6.62. The van der Waals surface area contributed by atoms with Crippen molar-refractivity contribution >= 4 is 50.0 Å². The monoisotopic (exact) mass is 274 g/mol. The van der Waals surface area contributed by atoms with Gasteiger partial charge in [-0.05, 0) is 33.6 Å². The Morgan fingerprint density at radius 2 is 2.23 bits per heavy atom. The van der Waals surface area contributed by atoms with Gasteiger partial charge in [0.25, 0.3) is 0 Å². The Balaban J connectivity index is 2.75. The number of thiophene rings is 1. The first kappa shape index (κ1) is 9.52. The molecule has 13 heavy (non-hydrogen) atoms. The van der Waals surface area contributed by atoms with E-state index in [1.807, 2.05) is 18.2 Å². The summed E-state index contributed by atoms with van der Waals surface area (Å²) in [6, 6.07) is 5.91. The molecule has 0 saturated carbocycles. The molecule has 1 aromatic carbocycles. The number of aliphatic hydroxyl groups excluding tert-OH is 1. The highest BCUT2D eigenvalue weighted by Crippen LogP contribution is 2.38. The third kappa shape index (κ3) is 1.64. The van der Waals surface area contributed by atoms with Crippen molar-refractivity contribution in [2.75, 3.05) is 0 Å². The lowest BCUT2D eigenvalue weighted by Crippen LogP contribution is -1.80. The highest BCUT2D eigenvalue weighted by molar-refractivity contribution is 9.11. The van der Waals surface area contributed by atoms with Crippen molar-refractivity contribution in [1.29, 1.82) is 0 Å². The second-order valence-corrected chi connectivity index (χ2v) is 5.53. The van der Waals surface area contributed by atoms with Crippen molar-refractivity contribution in [2.24, 2.45) is 0 Å². The Labute approximate surface area is 93.9 Å². The van der Waals surface area contributed by atoms with Crippen molar-refractivity contribution in [3.63, 3.8) is 0 Å². The summed E-state index contributed by atoms with van der Waals surface area (Å²) in [7, 11) is 0. The van der Waals surface area contributed by atoms with E-state index in [4.69, 9.17) is 5.11 Å². The molecule has 2 aromatic rings. The van der Waals surface area contributed by atoms with Gasteiger partial charge in [-0.3, -0.25) is 0 Å². The predicted molar refractivity (Wildman–Crippen MR) is 62.7 cm³/mol. The molecule has 1 N–H and O–H groups in total. The molecule has 0 radical (unpaired) electrons. The molecule has 1 heterocycles. The predicted octanol–water partition coefficient (Wildman–Crippen LogP) is 3.44. The summed E-state index contributed by atoms with van der Waals surface area (Å²) in [4.78, 5) is 0.954. The van der Waals surface area contributed by atoms with E-state index in [2.05, 4.69) is 28.6 Å². The van der Waals surface area contributed by atoms with Crippen LogP contribution in [-0.4, -0.2) is 5.11 Å². The van der Waals surface area contributed by atoms with E-state index in [-0.39, 0.29) is 6.61 Å². The van der Waals surface area contributed by atoms with Crippen LogP contribution in [0.2, 0.25) is 0 Å². The lowest BCUT2D eigenvalue weighted by Gasteiger charge is -1.95. The SMILES string of the molecule is OCc1ccc2sc(Br)c(S)c2c1. The molecule has 0 fully saturated rings. The quantitative estimate of drug-likeness (QED) is 0.764. The number of fused-ring (bicyclic) bond motifs is 1. The van der Waals surface area contributed by atoms with Gasteiger partial charge in [-0.2, -0.15) is 0 Å². The molecule has 0 amide bonds. The topological polar surface area (TPSA) is 20.2 Å². The molecule has 4 heteroatoms. The van der Waals surface area contributed by atoms with Crippen LogP contribution in [0.15, 0.2) is 26.9 Å². The van der Waals surface area contributed by atoms with Gasteiger partial charge in [0.15, 0.2) is 0 Å². The van der Waals surface area contributed by atoms with Crippen LogP contribution >= 0.6 is 39.9 Å². The van der Waals surface area contributed by atoms with Crippen LogP contribution in [0.4, 0.5) is 0 Å². The van der Waals surface area contributed by atoms with Crippen molar-refractivity contribution < 1.29 is 5.11 Å². The number of aliphatic hydroxyl groups is 1. The van der Waals surface area contributed by atoms with E-state index in [0.717, 1.165) is 19.6 Å². The molecule has 0 spiro atoms. The van der Waals surface area contributed by atoms with Crippen LogP contribution in [-0.2, 0) is 6.61 Å². The van der Waals surface area contributed by atoms with Crippen LogP contribution in [0.5, 0.6) is 0 Å². The molecular weight excluding hydrogens is 268 g/mol. The van der Waals surface area contributed by atoms with E-state index in [1.54, 1.807) is 11.3 Å². The Hall–Kier alpha value is -0.0300. The molecule has 0 saturated heterocycles. The maximum atomic E-state index is 8.96. The second-order valence-electron chi connectivity index (χ2n) is 2.71. The summed E-state index contributed by atoms with van der Waals surface area (Å²) in [5.41, 5.74) is 0.924. The van der Waals surface area contributed by atoms with Crippen LogP contribution in [0.3, 0.4) is 0 Å². The Kier molecular flexibility index (Phi) is 2.65. The third-order valence-electron chi connectivity index (χ3n) is 1.87. The van der Waals surface area contributed by atoms with Gasteiger partial charge >= 0.3 is 0 Å². The lowest BCUT2D eigenvalue weighted by atomic mass is 10.2. The van der Waals surface area contributed by atoms with Crippen LogP contribution < -0.4 is 0 Å². The first-order valence-electron chi connectivity index (χ1n) is 3.73. The van der Waals surface area contributed by atoms with Crippen LogP contribution in [0, 0.1) is 0 Å². The fourth-order valence-electron chi connectivity index (χ4n) is 1.20. The van der Waals surface area contributed by atoms with Gasteiger partial charge in [0.1, 0.15) is 0 Å². The molecule has 0 aliphatic heterocycles. The first-order chi connectivity index (χ1) is 6.22. The summed E-state index contributed by atoms with van der Waals surface area (Å²) in [5.74, 6) is 0. The number of rotatable bonds is 1. The van der Waals surface area contributed by atoms with Crippen LogP contribution in [0.25, 0.3) is 10.1 Å². The van der Waals surface area contributed by atoms with E-state index in [1.165, 1.54) is 4.70 Å². The zero-order valence-corrected chi connectivity index (χ0v) is 9.92. The molecular formula is C9H7BrOS2. The summed E-state index contributed by atoms with van der Waals surface area (Å²) in [6.07, 6.45) is 0. The van der Waals surface area contributed by atoms with Gasteiger partial charge < -0.3 is 5.11 Å². The van der Waals surface area contributed by atoms with Gasteiger partial charge in [0.05, 0.1) is 10.4 Å². The van der Waals surface area contributed by atoms with Gasteiger partial charge in [0.2, 0.25) is 0 Å². The third-order valence-corrected chi connectivity index (χ3v) is 4.63. The average Bonchev–Trinajstić information content (AvgIpc) is 2.43. The van der Waals surface area contributed by atoms with E-state index < -0.39 is 0 Å². The zero-order chi connectivity index (χ0) is 9.42. The largest absolute Gasteiger partial charge is 0.392 e. The molecule has 0 unspecified atom stereocenters. The van der Waals surface area contributed by atoms with Gasteiger partial charge in [-0.15, -0.1) is 24.0 Å². The number of benzene rings is 1. The molecule has 0 atom stereocenters.